The number of benzene rings is 3. The molecule has 0 unspecified atom stereocenters. The Morgan fingerprint density at radius 1 is 0.897 bits per heavy atom. The third kappa shape index (κ3) is 10.4. The molecule has 0 aromatic heterocycles. The number of hydrogen-bond donors (Lipinski definition) is 4. The summed E-state index contributed by atoms with van der Waals surface area (Å²) >= 11 is 3.42. The number of fused-ring (bicyclic) bond motifs is 9. The van der Waals surface area contributed by atoms with E-state index in [1.54, 1.807) is 26.8 Å². The zero-order valence-electron chi connectivity index (χ0n) is 34.1. The number of nitrogens with one attached hydrogen (secondary N) is 3. The highest BCUT2D eigenvalue weighted by atomic mass is 79.9. The second kappa shape index (κ2) is 17.6. The molecule has 0 saturated carbocycles. The smallest absolute Gasteiger partial charge is 0.408 e. The quantitative estimate of drug-likeness (QED) is 0.0773. The highest BCUT2D eigenvalue weighted by molar-refractivity contribution is 9.10. The highest BCUT2D eigenvalue weighted by Crippen LogP contribution is 2.46. The van der Waals surface area contributed by atoms with Gasteiger partial charge >= 0.3 is 17.7 Å². The minimum atomic E-state index is -2.88. The summed E-state index contributed by atoms with van der Waals surface area (Å²) in [4.78, 5) is 68.3. The second-order valence-electron chi connectivity index (χ2n) is 15.9. The molecule has 0 saturated heterocycles. The van der Waals surface area contributed by atoms with Gasteiger partial charge in [0.25, 0.3) is 0 Å². The number of amides is 3. The molecular weight excluding hydrogens is 840 g/mol. The van der Waals surface area contributed by atoms with Crippen molar-refractivity contribution in [1.82, 2.24) is 16.0 Å². The lowest BCUT2D eigenvalue weighted by atomic mass is 9.98. The Hall–Kier alpha value is -5.40. The van der Waals surface area contributed by atoms with Crippen LogP contribution >= 0.6 is 15.9 Å². The van der Waals surface area contributed by atoms with Crippen molar-refractivity contribution >= 4 is 53.8 Å². The zero-order valence-corrected chi connectivity index (χ0v) is 36.7. The van der Waals surface area contributed by atoms with E-state index in [4.69, 9.17) is 28.1 Å². The molecule has 0 spiro atoms. The first-order valence-corrected chi connectivity index (χ1v) is 21.7. The van der Waals surface area contributed by atoms with Gasteiger partial charge in [-0.25, -0.2) is 9.59 Å². The van der Waals surface area contributed by atoms with Crippen LogP contribution < -0.4 is 30.2 Å². The van der Waals surface area contributed by atoms with Crippen LogP contribution in [-0.2, 0) is 28.3 Å². The van der Waals surface area contributed by atoms with Crippen LogP contribution in [0.1, 0.15) is 76.4 Å². The third-order valence-corrected chi connectivity index (χ3v) is 14.7. The summed E-state index contributed by atoms with van der Waals surface area (Å²) in [5, 5.41) is 31.3. The molecule has 3 aromatic carbocycles. The number of nitro benzene ring substituents is 1. The predicted molar refractivity (Wildman–Crippen MR) is 216 cm³/mol. The molecule has 5 rings (SSSR count). The molecular formula is C39H49BrN4O13Si. The topological polar surface area (TPSA) is 223 Å². The molecule has 17 nitrogen and oxygen atoms in total. The number of rotatable bonds is 8. The summed E-state index contributed by atoms with van der Waals surface area (Å²) in [6.45, 7) is 14.5. The van der Waals surface area contributed by atoms with Crippen LogP contribution in [0.2, 0.25) is 18.1 Å². The van der Waals surface area contributed by atoms with E-state index in [1.165, 1.54) is 44.6 Å². The van der Waals surface area contributed by atoms with Gasteiger partial charge in [-0.1, -0.05) is 32.9 Å². The number of ether oxygens (including phenoxy) is 5. The number of nitro groups is 1. The lowest BCUT2D eigenvalue weighted by Gasteiger charge is -2.41. The van der Waals surface area contributed by atoms with Crippen molar-refractivity contribution in [2.24, 2.45) is 0 Å². The molecule has 3 amide bonds. The lowest BCUT2D eigenvalue weighted by Crippen LogP contribution is -2.54. The van der Waals surface area contributed by atoms with Crippen molar-refractivity contribution in [2.75, 3.05) is 21.3 Å². The SMILES string of the molecule is COC(=O)[C@H]1NC(=O)[C@@H](c2ccc(OC)c(Br)c2)NC(=O)[C@H](NC(=O)OC(C)(C)C)c2cc(O)c(OC)c(c2)Oc2ccc(cc2[N+](=O)[O-])[C@H]1O[Si](C)(C)C(C)(C)C. The number of phenolic OH excluding ortho intramolecular Hbond substituents is 1. The monoisotopic (exact) mass is 888 g/mol. The molecule has 4 N–H and O–H groups in total. The Balaban J connectivity index is 2.09. The number of alkyl carbamates (subject to hydrolysis) is 1. The largest absolute Gasteiger partial charge is 0.504 e. The predicted octanol–water partition coefficient (Wildman–Crippen LogP) is 7.03. The molecule has 314 valence electrons. The van der Waals surface area contributed by atoms with Gasteiger partial charge < -0.3 is 49.2 Å². The number of methoxy groups -OCH3 is 3. The number of halogens is 1. The maximum absolute atomic E-state index is 14.7. The maximum Gasteiger partial charge on any atom is 0.408 e. The van der Waals surface area contributed by atoms with Gasteiger partial charge in [-0.3, -0.25) is 19.7 Å². The number of carbonyl (C=O) groups is 4. The van der Waals surface area contributed by atoms with Crippen molar-refractivity contribution in [2.45, 2.75) is 89.5 Å². The van der Waals surface area contributed by atoms with E-state index < -0.39 is 83.4 Å². The second-order valence-corrected chi connectivity index (χ2v) is 21.5. The van der Waals surface area contributed by atoms with Crippen LogP contribution in [0.25, 0.3) is 0 Å². The van der Waals surface area contributed by atoms with Gasteiger partial charge in [-0.15, -0.1) is 0 Å². The summed E-state index contributed by atoms with van der Waals surface area (Å²) in [5.74, 6) is -3.90. The Bertz CT molecular complexity index is 2080. The van der Waals surface area contributed by atoms with Crippen molar-refractivity contribution < 1.29 is 57.3 Å². The number of hydrogen-bond acceptors (Lipinski definition) is 13. The van der Waals surface area contributed by atoms with Crippen LogP contribution in [0.15, 0.2) is 53.0 Å². The Morgan fingerprint density at radius 2 is 1.55 bits per heavy atom. The molecule has 19 heteroatoms. The van der Waals surface area contributed by atoms with Gasteiger partial charge in [0.05, 0.1) is 30.7 Å². The Kier molecular flexibility index (Phi) is 13.8. The van der Waals surface area contributed by atoms with Crippen LogP contribution in [0.4, 0.5) is 10.5 Å². The van der Waals surface area contributed by atoms with Gasteiger partial charge in [0.15, 0.2) is 25.9 Å². The fraction of sp³-hybridized carbons (Fsp3) is 0.436. The summed E-state index contributed by atoms with van der Waals surface area (Å²) in [5.41, 5.74) is -1.39. The number of esters is 1. The zero-order chi connectivity index (χ0) is 43.5. The van der Waals surface area contributed by atoms with Gasteiger partial charge in [-0.05, 0) is 102 Å². The van der Waals surface area contributed by atoms with E-state index in [0.29, 0.717) is 10.2 Å². The fourth-order valence-corrected chi connectivity index (χ4v) is 7.49. The number of carbonyl (C=O) groups excluding carboxylic acids is 4. The van der Waals surface area contributed by atoms with E-state index in [9.17, 15) is 34.4 Å². The van der Waals surface area contributed by atoms with Crippen LogP contribution in [0, 0.1) is 10.1 Å². The minimum Gasteiger partial charge on any atom is -0.504 e. The molecule has 4 bridgehead atoms. The van der Waals surface area contributed by atoms with E-state index in [-0.39, 0.29) is 33.9 Å². The summed E-state index contributed by atoms with van der Waals surface area (Å²) in [6.07, 6.45) is -2.42. The lowest BCUT2D eigenvalue weighted by molar-refractivity contribution is -0.385. The van der Waals surface area contributed by atoms with Crippen LogP contribution in [-0.4, -0.2) is 75.2 Å². The van der Waals surface area contributed by atoms with Crippen molar-refractivity contribution in [3.63, 3.8) is 0 Å². The first-order valence-electron chi connectivity index (χ1n) is 18.0. The molecule has 2 heterocycles. The molecule has 0 fully saturated rings. The summed E-state index contributed by atoms with van der Waals surface area (Å²) in [6, 6.07) is 5.85. The van der Waals surface area contributed by atoms with E-state index >= 15 is 0 Å². The standard InChI is InChI=1S/C39H49BrN4O13Si/c1-38(2,3)56-37(49)43-30-22-18-25(45)33(53-8)28(19-22)55-27-15-13-21(17-24(27)44(50)51)32(57-58(10,11)39(4,5)6)31(36(48)54-9)42-34(46)29(41-35(30)47)20-12-14-26(52-7)23(40)16-20/h12-19,29-32,45H,1-11H3,(H,41,47)(H,42,46)(H,43,49)/t29-,30-,31+,32-/m1/s1. The number of phenols is 1. The average molecular weight is 890 g/mol. The van der Waals surface area contributed by atoms with E-state index in [1.807, 2.05) is 33.9 Å². The average Bonchev–Trinajstić information content (AvgIpc) is 3.12. The number of nitrogens with zero attached hydrogens (tertiary/aromatic N) is 1. The molecule has 2 aliphatic heterocycles. The maximum atomic E-state index is 14.7. The van der Waals surface area contributed by atoms with E-state index in [0.717, 1.165) is 19.2 Å². The third-order valence-electron chi connectivity index (χ3n) is 9.59. The molecule has 0 aliphatic carbocycles. The highest BCUT2D eigenvalue weighted by Gasteiger charge is 2.45. The van der Waals surface area contributed by atoms with Crippen LogP contribution in [0.3, 0.4) is 0 Å². The summed E-state index contributed by atoms with van der Waals surface area (Å²) in [7, 11) is 0.897. The van der Waals surface area contributed by atoms with Crippen molar-refractivity contribution in [3.05, 3.63) is 79.8 Å². The van der Waals surface area contributed by atoms with Crippen molar-refractivity contribution in [3.8, 4) is 28.7 Å². The molecule has 58 heavy (non-hydrogen) atoms. The minimum absolute atomic E-state index is 0.103. The molecule has 4 atom stereocenters. The van der Waals surface area contributed by atoms with Gasteiger partial charge in [0, 0.05) is 6.07 Å². The van der Waals surface area contributed by atoms with Gasteiger partial charge in [0.1, 0.15) is 29.5 Å². The van der Waals surface area contributed by atoms with Gasteiger partial charge in [-0.2, -0.15) is 0 Å². The number of aromatic hydroxyl groups is 1. The molecule has 2 aliphatic rings. The first-order chi connectivity index (χ1) is 26.9. The van der Waals surface area contributed by atoms with E-state index in [2.05, 4.69) is 31.9 Å². The normalized spacial score (nSPS) is 18.9. The van der Waals surface area contributed by atoms with Crippen molar-refractivity contribution in [1.29, 1.82) is 0 Å². The fourth-order valence-electron chi connectivity index (χ4n) is 5.67. The molecule has 0 radical (unpaired) electrons. The first kappa shape index (κ1) is 45.3. The molecule has 3 aromatic rings. The Labute approximate surface area is 345 Å². The summed E-state index contributed by atoms with van der Waals surface area (Å²) < 4.78 is 34.6. The Morgan fingerprint density at radius 3 is 2.10 bits per heavy atom. The van der Waals surface area contributed by atoms with Crippen LogP contribution in [0.5, 0.6) is 28.7 Å². The van der Waals surface area contributed by atoms with Gasteiger partial charge in [0.2, 0.25) is 23.3 Å².